The summed E-state index contributed by atoms with van der Waals surface area (Å²) in [6, 6.07) is 0. The summed E-state index contributed by atoms with van der Waals surface area (Å²) in [7, 11) is 1.92. The quantitative estimate of drug-likeness (QED) is 0.550. The molecule has 0 aliphatic heterocycles. The highest BCUT2D eigenvalue weighted by atomic mass is 32.2. The fourth-order valence-corrected chi connectivity index (χ4v) is 3.34. The summed E-state index contributed by atoms with van der Waals surface area (Å²) in [6.45, 7) is 2.84. The molecule has 19 heavy (non-hydrogen) atoms. The number of aryl methyl sites for hydroxylation is 2. The lowest BCUT2D eigenvalue weighted by Crippen LogP contribution is -2.03. The molecular weight excluding hydrogens is 282 g/mol. The van der Waals surface area contributed by atoms with Crippen LogP contribution in [0, 0.1) is 6.92 Å². The van der Waals surface area contributed by atoms with Crippen LogP contribution < -0.4 is 5.32 Å². The van der Waals surface area contributed by atoms with E-state index in [2.05, 4.69) is 30.8 Å². The van der Waals surface area contributed by atoms with Gasteiger partial charge in [-0.05, 0) is 6.92 Å². The van der Waals surface area contributed by atoms with Crippen molar-refractivity contribution in [3.05, 3.63) is 11.9 Å². The Labute approximate surface area is 117 Å². The van der Waals surface area contributed by atoms with Gasteiger partial charge in [-0.25, -0.2) is 9.67 Å². The third kappa shape index (κ3) is 2.56. The zero-order valence-corrected chi connectivity index (χ0v) is 12.2. The minimum absolute atomic E-state index is 0.837. The summed E-state index contributed by atoms with van der Waals surface area (Å²) in [5.74, 6) is 0.916. The van der Waals surface area contributed by atoms with E-state index in [1.807, 2.05) is 18.7 Å². The molecular formula is C10H13N7S2. The van der Waals surface area contributed by atoms with Crippen LogP contribution in [-0.2, 0) is 7.05 Å². The van der Waals surface area contributed by atoms with Crippen LogP contribution in [0.4, 0.5) is 5.13 Å². The highest BCUT2D eigenvalue weighted by molar-refractivity contribution is 7.99. The standard InChI is InChI=1S/C10H13N7S2/c1-6-8-9(17(2)15-6)13-10(19-8)11-3-4-18-7-5-12-16-14-7/h5H,3-4H2,1-2H3,(H,11,13)(H,12,14,16). The Kier molecular flexibility index (Phi) is 3.38. The number of nitrogens with zero attached hydrogens (tertiary/aromatic N) is 5. The molecule has 0 aliphatic carbocycles. The molecule has 0 aromatic carbocycles. The third-order valence-corrected chi connectivity index (χ3v) is 4.58. The van der Waals surface area contributed by atoms with Gasteiger partial charge in [0.1, 0.15) is 5.03 Å². The van der Waals surface area contributed by atoms with E-state index in [-0.39, 0.29) is 0 Å². The minimum atomic E-state index is 0.837. The van der Waals surface area contributed by atoms with Crippen LogP contribution in [0.5, 0.6) is 0 Å². The Bertz CT molecular complexity index is 635. The Morgan fingerprint density at radius 3 is 3.16 bits per heavy atom. The van der Waals surface area contributed by atoms with Crippen LogP contribution in [0.3, 0.4) is 0 Å². The SMILES string of the molecule is Cc1nn(C)c2nc(NCCSc3cn[nH]n3)sc12. The summed E-state index contributed by atoms with van der Waals surface area (Å²) < 4.78 is 2.96. The topological polar surface area (TPSA) is 84.3 Å². The molecule has 3 heterocycles. The Hall–Kier alpha value is -1.61. The van der Waals surface area contributed by atoms with Crippen LogP contribution in [0.1, 0.15) is 5.69 Å². The number of aromatic amines is 1. The van der Waals surface area contributed by atoms with Gasteiger partial charge in [0.25, 0.3) is 0 Å². The normalized spacial score (nSPS) is 11.3. The van der Waals surface area contributed by atoms with Gasteiger partial charge in [0, 0.05) is 19.3 Å². The molecule has 7 nitrogen and oxygen atoms in total. The molecule has 0 spiro atoms. The van der Waals surface area contributed by atoms with Gasteiger partial charge < -0.3 is 5.32 Å². The second-order valence-electron chi connectivity index (χ2n) is 3.96. The molecule has 3 aromatic rings. The maximum atomic E-state index is 4.53. The first-order chi connectivity index (χ1) is 9.24. The van der Waals surface area contributed by atoms with Crippen molar-refractivity contribution in [3.63, 3.8) is 0 Å². The number of anilines is 1. The summed E-state index contributed by atoms with van der Waals surface area (Å²) in [5.41, 5.74) is 1.97. The summed E-state index contributed by atoms with van der Waals surface area (Å²) in [5, 5.41) is 19.8. The van der Waals surface area contributed by atoms with Gasteiger partial charge in [0.2, 0.25) is 0 Å². The molecule has 0 aliphatic rings. The van der Waals surface area contributed by atoms with Crippen LogP contribution in [0.15, 0.2) is 11.2 Å². The summed E-state index contributed by atoms with van der Waals surface area (Å²) in [4.78, 5) is 4.53. The monoisotopic (exact) mass is 295 g/mol. The van der Waals surface area contributed by atoms with Gasteiger partial charge in [-0.2, -0.15) is 15.4 Å². The van der Waals surface area contributed by atoms with E-state index in [9.17, 15) is 0 Å². The van der Waals surface area contributed by atoms with Crippen molar-refractivity contribution < 1.29 is 0 Å². The molecule has 3 rings (SSSR count). The van der Waals surface area contributed by atoms with Crippen molar-refractivity contribution in [1.82, 2.24) is 30.2 Å². The average molecular weight is 295 g/mol. The van der Waals surface area contributed by atoms with Crippen molar-refractivity contribution in [2.75, 3.05) is 17.6 Å². The van der Waals surface area contributed by atoms with E-state index in [0.717, 1.165) is 38.5 Å². The maximum Gasteiger partial charge on any atom is 0.185 e. The van der Waals surface area contributed by atoms with Crippen LogP contribution in [-0.4, -0.2) is 42.5 Å². The zero-order valence-electron chi connectivity index (χ0n) is 10.5. The molecule has 9 heteroatoms. The second kappa shape index (κ2) is 5.17. The lowest BCUT2D eigenvalue weighted by atomic mass is 10.5. The number of nitrogens with one attached hydrogen (secondary N) is 2. The molecule has 100 valence electrons. The van der Waals surface area contributed by atoms with Crippen molar-refractivity contribution in [2.45, 2.75) is 11.9 Å². The van der Waals surface area contributed by atoms with E-state index in [1.54, 1.807) is 29.3 Å². The number of H-pyrrole nitrogens is 1. The molecule has 0 bridgehead atoms. The number of thioether (sulfide) groups is 1. The third-order valence-electron chi connectivity index (χ3n) is 2.57. The van der Waals surface area contributed by atoms with Gasteiger partial charge in [0.05, 0.1) is 16.6 Å². The Balaban J connectivity index is 1.58. The van der Waals surface area contributed by atoms with Crippen LogP contribution in [0.2, 0.25) is 0 Å². The van der Waals surface area contributed by atoms with E-state index in [4.69, 9.17) is 0 Å². The van der Waals surface area contributed by atoms with Crippen LogP contribution in [0.25, 0.3) is 10.3 Å². The first-order valence-electron chi connectivity index (χ1n) is 5.76. The lowest BCUT2D eigenvalue weighted by molar-refractivity contribution is 0.774. The largest absolute Gasteiger partial charge is 0.361 e. The maximum absolute atomic E-state index is 4.53. The minimum Gasteiger partial charge on any atom is -0.361 e. The van der Waals surface area contributed by atoms with E-state index in [1.165, 1.54) is 0 Å². The predicted molar refractivity (Wildman–Crippen MR) is 76.7 cm³/mol. The van der Waals surface area contributed by atoms with E-state index < -0.39 is 0 Å². The van der Waals surface area contributed by atoms with Gasteiger partial charge in [-0.3, -0.25) is 0 Å². The molecule has 0 amide bonds. The molecule has 0 unspecified atom stereocenters. The van der Waals surface area contributed by atoms with Gasteiger partial charge in [-0.1, -0.05) is 11.3 Å². The lowest BCUT2D eigenvalue weighted by Gasteiger charge is -2.00. The predicted octanol–water partition coefficient (Wildman–Crippen LogP) is 1.66. The number of fused-ring (bicyclic) bond motifs is 1. The number of thiazole rings is 1. The number of aromatic nitrogens is 6. The fraction of sp³-hybridized carbons (Fsp3) is 0.400. The Morgan fingerprint density at radius 2 is 2.42 bits per heavy atom. The molecule has 0 fully saturated rings. The number of hydrogen-bond acceptors (Lipinski definition) is 7. The Morgan fingerprint density at radius 1 is 1.53 bits per heavy atom. The highest BCUT2D eigenvalue weighted by Crippen LogP contribution is 2.28. The average Bonchev–Trinajstić information content (AvgIpc) is 3.07. The van der Waals surface area contributed by atoms with Gasteiger partial charge >= 0.3 is 0 Å². The van der Waals surface area contributed by atoms with Gasteiger partial charge in [0.15, 0.2) is 10.8 Å². The van der Waals surface area contributed by atoms with Crippen molar-refractivity contribution >= 4 is 38.6 Å². The molecule has 3 aromatic heterocycles. The zero-order chi connectivity index (χ0) is 13.2. The van der Waals surface area contributed by atoms with E-state index in [0.29, 0.717) is 0 Å². The second-order valence-corrected chi connectivity index (χ2v) is 6.08. The molecule has 2 N–H and O–H groups in total. The molecule has 0 saturated heterocycles. The molecule has 0 saturated carbocycles. The number of rotatable bonds is 5. The molecule has 0 atom stereocenters. The smallest absolute Gasteiger partial charge is 0.185 e. The van der Waals surface area contributed by atoms with Crippen LogP contribution >= 0.6 is 23.1 Å². The fourth-order valence-electron chi connectivity index (χ4n) is 1.73. The van der Waals surface area contributed by atoms with Crippen molar-refractivity contribution in [1.29, 1.82) is 0 Å². The van der Waals surface area contributed by atoms with E-state index >= 15 is 0 Å². The molecule has 0 radical (unpaired) electrons. The highest BCUT2D eigenvalue weighted by Gasteiger charge is 2.11. The first-order valence-corrected chi connectivity index (χ1v) is 7.57. The summed E-state index contributed by atoms with van der Waals surface area (Å²) in [6.07, 6.45) is 1.72. The number of hydrogen-bond donors (Lipinski definition) is 2. The van der Waals surface area contributed by atoms with Crippen molar-refractivity contribution in [2.24, 2.45) is 7.05 Å². The van der Waals surface area contributed by atoms with Crippen molar-refractivity contribution in [3.8, 4) is 0 Å². The van der Waals surface area contributed by atoms with Gasteiger partial charge in [-0.15, -0.1) is 16.9 Å². The first kappa shape index (κ1) is 12.4. The summed E-state index contributed by atoms with van der Waals surface area (Å²) >= 11 is 3.30.